The third kappa shape index (κ3) is 6.29. The Bertz CT molecular complexity index is 331. The number of ether oxygens (including phenoxy) is 2. The molecule has 1 N–H and O–H groups in total. The molecule has 0 aromatic rings. The second-order valence-corrected chi connectivity index (χ2v) is 4.70. The Morgan fingerprint density at radius 3 is 2.50 bits per heavy atom. The van der Waals surface area contributed by atoms with E-state index in [2.05, 4.69) is 21.4 Å². The lowest BCUT2D eigenvalue weighted by Crippen LogP contribution is -2.38. The van der Waals surface area contributed by atoms with Crippen LogP contribution in [0.3, 0.4) is 0 Å². The standard InChI is InChI=1S/C11H17NO5S/c1-5-6-17-11(15)12-7(2)10(14)18-8(3)9(13)16-4/h5,7-8H,1,6H2,2-4H3,(H,12,15)/t7-,8-/m1/s1. The third-order valence-corrected chi connectivity index (χ3v) is 2.98. The summed E-state index contributed by atoms with van der Waals surface area (Å²) in [6.07, 6.45) is 0.710. The first-order chi connectivity index (χ1) is 8.42. The van der Waals surface area contributed by atoms with Gasteiger partial charge in [-0.15, -0.1) is 0 Å². The largest absolute Gasteiger partial charge is 0.468 e. The highest BCUT2D eigenvalue weighted by Gasteiger charge is 2.23. The van der Waals surface area contributed by atoms with Gasteiger partial charge in [0.2, 0.25) is 5.12 Å². The van der Waals surface area contributed by atoms with Crippen LogP contribution in [-0.2, 0) is 19.1 Å². The molecule has 6 nitrogen and oxygen atoms in total. The van der Waals surface area contributed by atoms with Crippen LogP contribution in [0, 0.1) is 0 Å². The Balaban J connectivity index is 4.14. The fourth-order valence-electron chi connectivity index (χ4n) is 0.902. The Labute approximate surface area is 110 Å². The lowest BCUT2D eigenvalue weighted by atomic mass is 10.4. The molecule has 0 aliphatic heterocycles. The second-order valence-electron chi connectivity index (χ2n) is 3.36. The van der Waals surface area contributed by atoms with Gasteiger partial charge in [0.25, 0.3) is 0 Å². The van der Waals surface area contributed by atoms with Crippen molar-refractivity contribution in [1.82, 2.24) is 5.32 Å². The number of amides is 1. The molecule has 0 aliphatic carbocycles. The maximum absolute atomic E-state index is 11.6. The maximum Gasteiger partial charge on any atom is 0.408 e. The summed E-state index contributed by atoms with van der Waals surface area (Å²) in [5.41, 5.74) is 0. The highest BCUT2D eigenvalue weighted by atomic mass is 32.2. The zero-order chi connectivity index (χ0) is 14.1. The van der Waals surface area contributed by atoms with E-state index in [-0.39, 0.29) is 11.7 Å². The normalized spacial score (nSPS) is 13.1. The average Bonchev–Trinajstić information content (AvgIpc) is 2.34. The predicted octanol–water partition coefficient (Wildman–Crippen LogP) is 1.11. The minimum Gasteiger partial charge on any atom is -0.468 e. The molecule has 0 aromatic heterocycles. The fourth-order valence-corrected chi connectivity index (χ4v) is 1.71. The molecule has 1 amide bonds. The molecule has 0 spiro atoms. The zero-order valence-corrected chi connectivity index (χ0v) is 11.4. The number of carbonyl (C=O) groups excluding carboxylic acids is 3. The van der Waals surface area contributed by atoms with Crippen LogP contribution in [0.2, 0.25) is 0 Å². The molecule has 7 heteroatoms. The summed E-state index contributed by atoms with van der Waals surface area (Å²) in [7, 11) is 1.25. The second kappa shape index (κ2) is 8.57. The molecular formula is C11H17NO5S. The SMILES string of the molecule is C=CCOC(=O)N[C@H](C)C(=O)S[C@H](C)C(=O)OC. The molecule has 0 aromatic carbocycles. The molecule has 0 fully saturated rings. The summed E-state index contributed by atoms with van der Waals surface area (Å²) >= 11 is 0.802. The van der Waals surface area contributed by atoms with Crippen LogP contribution in [0.5, 0.6) is 0 Å². The van der Waals surface area contributed by atoms with Crippen LogP contribution in [0.25, 0.3) is 0 Å². The van der Waals surface area contributed by atoms with Gasteiger partial charge in [0.1, 0.15) is 11.9 Å². The summed E-state index contributed by atoms with van der Waals surface area (Å²) in [5, 5.41) is 1.39. The lowest BCUT2D eigenvalue weighted by Gasteiger charge is -2.14. The quantitative estimate of drug-likeness (QED) is 0.577. The number of nitrogens with one attached hydrogen (secondary N) is 1. The average molecular weight is 275 g/mol. The van der Waals surface area contributed by atoms with Crippen molar-refractivity contribution in [3.8, 4) is 0 Å². The van der Waals surface area contributed by atoms with Crippen molar-refractivity contribution in [3.05, 3.63) is 12.7 Å². The number of hydrogen-bond donors (Lipinski definition) is 1. The van der Waals surface area contributed by atoms with E-state index in [1.807, 2.05) is 0 Å². The predicted molar refractivity (Wildman–Crippen MR) is 68.2 cm³/mol. The monoisotopic (exact) mass is 275 g/mol. The number of thioether (sulfide) groups is 1. The van der Waals surface area contributed by atoms with Crippen LogP contribution in [0.4, 0.5) is 4.79 Å². The van der Waals surface area contributed by atoms with E-state index in [1.165, 1.54) is 20.1 Å². The van der Waals surface area contributed by atoms with E-state index in [0.717, 1.165) is 11.8 Å². The molecule has 0 aliphatic rings. The fraction of sp³-hybridized carbons (Fsp3) is 0.545. The molecule has 102 valence electrons. The van der Waals surface area contributed by atoms with Crippen LogP contribution in [0.1, 0.15) is 13.8 Å². The number of carbonyl (C=O) groups is 3. The number of alkyl carbamates (subject to hydrolysis) is 1. The van der Waals surface area contributed by atoms with Crippen LogP contribution >= 0.6 is 11.8 Å². The van der Waals surface area contributed by atoms with Crippen LogP contribution in [-0.4, -0.2) is 42.2 Å². The van der Waals surface area contributed by atoms with Gasteiger partial charge in [-0.3, -0.25) is 9.59 Å². The van der Waals surface area contributed by atoms with Gasteiger partial charge in [0.15, 0.2) is 0 Å². The molecule has 0 radical (unpaired) electrons. The highest BCUT2D eigenvalue weighted by Crippen LogP contribution is 2.15. The van der Waals surface area contributed by atoms with E-state index in [4.69, 9.17) is 0 Å². The molecule has 0 bridgehead atoms. The Morgan fingerprint density at radius 2 is 2.00 bits per heavy atom. The molecule has 0 heterocycles. The number of esters is 1. The summed E-state index contributed by atoms with van der Waals surface area (Å²) in [5.74, 6) is -0.491. The maximum atomic E-state index is 11.6. The minimum atomic E-state index is -0.751. The molecule has 0 unspecified atom stereocenters. The summed E-state index contributed by atoms with van der Waals surface area (Å²) in [6, 6.07) is -0.751. The number of methoxy groups -OCH3 is 1. The first-order valence-electron chi connectivity index (χ1n) is 5.24. The summed E-state index contributed by atoms with van der Waals surface area (Å²) < 4.78 is 9.16. The van der Waals surface area contributed by atoms with E-state index >= 15 is 0 Å². The lowest BCUT2D eigenvalue weighted by molar-refractivity contribution is -0.139. The van der Waals surface area contributed by atoms with Crippen molar-refractivity contribution in [1.29, 1.82) is 0 Å². The number of hydrogen-bond acceptors (Lipinski definition) is 6. The van der Waals surface area contributed by atoms with E-state index in [9.17, 15) is 14.4 Å². The zero-order valence-electron chi connectivity index (χ0n) is 10.6. The smallest absolute Gasteiger partial charge is 0.408 e. The topological polar surface area (TPSA) is 81.7 Å². The van der Waals surface area contributed by atoms with Crippen molar-refractivity contribution >= 4 is 28.9 Å². The van der Waals surface area contributed by atoms with Crippen molar-refractivity contribution < 1.29 is 23.9 Å². The first kappa shape index (κ1) is 16.5. The van der Waals surface area contributed by atoms with E-state index in [0.29, 0.717) is 0 Å². The minimum absolute atomic E-state index is 0.0679. The highest BCUT2D eigenvalue weighted by molar-refractivity contribution is 8.14. The Hall–Kier alpha value is -1.50. The van der Waals surface area contributed by atoms with Crippen LogP contribution in [0.15, 0.2) is 12.7 Å². The van der Waals surface area contributed by atoms with Gasteiger partial charge in [0, 0.05) is 0 Å². The van der Waals surface area contributed by atoms with Crippen molar-refractivity contribution in [2.24, 2.45) is 0 Å². The van der Waals surface area contributed by atoms with Gasteiger partial charge in [0.05, 0.1) is 13.2 Å². The number of rotatable bonds is 6. The van der Waals surface area contributed by atoms with Crippen molar-refractivity contribution in [2.75, 3.05) is 13.7 Å². The van der Waals surface area contributed by atoms with Crippen molar-refractivity contribution in [3.63, 3.8) is 0 Å². The summed E-state index contributed by atoms with van der Waals surface area (Å²) in [4.78, 5) is 33.9. The van der Waals surface area contributed by atoms with E-state index in [1.54, 1.807) is 6.92 Å². The third-order valence-electron chi connectivity index (χ3n) is 1.85. The molecule has 0 saturated carbocycles. The van der Waals surface area contributed by atoms with Gasteiger partial charge in [-0.05, 0) is 13.8 Å². The molecule has 0 rings (SSSR count). The van der Waals surface area contributed by atoms with Gasteiger partial charge < -0.3 is 14.8 Å². The molecule has 0 saturated heterocycles. The first-order valence-corrected chi connectivity index (χ1v) is 6.12. The Morgan fingerprint density at radius 1 is 1.39 bits per heavy atom. The van der Waals surface area contributed by atoms with E-state index < -0.39 is 23.4 Å². The molecule has 18 heavy (non-hydrogen) atoms. The molecular weight excluding hydrogens is 258 g/mol. The van der Waals surface area contributed by atoms with Gasteiger partial charge in [-0.1, -0.05) is 24.4 Å². The molecule has 2 atom stereocenters. The van der Waals surface area contributed by atoms with Gasteiger partial charge >= 0.3 is 12.1 Å². The van der Waals surface area contributed by atoms with Crippen molar-refractivity contribution in [2.45, 2.75) is 25.1 Å². The summed E-state index contributed by atoms with van der Waals surface area (Å²) in [6.45, 7) is 6.52. The van der Waals surface area contributed by atoms with Gasteiger partial charge in [-0.25, -0.2) is 4.79 Å². The Kier molecular flexibility index (Phi) is 7.86. The van der Waals surface area contributed by atoms with Crippen LogP contribution < -0.4 is 5.32 Å². The van der Waals surface area contributed by atoms with Gasteiger partial charge in [-0.2, -0.15) is 0 Å².